The molecule has 0 radical (unpaired) electrons. The highest BCUT2D eigenvalue weighted by Gasteiger charge is 2.09. The first-order chi connectivity index (χ1) is 8.97. The van der Waals surface area contributed by atoms with Gasteiger partial charge in [-0.15, -0.1) is 0 Å². The molecule has 0 aliphatic heterocycles. The van der Waals surface area contributed by atoms with E-state index in [4.69, 9.17) is 16.3 Å². The largest absolute Gasteiger partial charge is 0.495 e. The second-order valence-electron chi connectivity index (χ2n) is 3.78. The van der Waals surface area contributed by atoms with Crippen molar-refractivity contribution >= 4 is 29.2 Å². The van der Waals surface area contributed by atoms with Gasteiger partial charge in [0.25, 0.3) is 0 Å². The van der Waals surface area contributed by atoms with Crippen LogP contribution in [0.5, 0.6) is 5.75 Å². The second kappa shape index (κ2) is 6.84. The van der Waals surface area contributed by atoms with Crippen LogP contribution in [0.1, 0.15) is 5.56 Å². The van der Waals surface area contributed by atoms with Crippen LogP contribution in [0.4, 0.5) is 10.5 Å². The molecule has 0 aromatic heterocycles. The zero-order valence-corrected chi connectivity index (χ0v) is 11.7. The van der Waals surface area contributed by atoms with Crippen LogP contribution < -0.4 is 20.7 Å². The summed E-state index contributed by atoms with van der Waals surface area (Å²) in [4.78, 5) is 22.4. The summed E-state index contributed by atoms with van der Waals surface area (Å²) in [5, 5.41) is 7.90. The number of anilines is 1. The van der Waals surface area contributed by atoms with Crippen molar-refractivity contribution in [2.75, 3.05) is 26.0 Å². The number of hydrogen-bond donors (Lipinski definition) is 3. The first-order valence-corrected chi connectivity index (χ1v) is 5.95. The number of urea groups is 1. The number of carbonyl (C=O) groups excluding carboxylic acids is 2. The topological polar surface area (TPSA) is 79.5 Å². The van der Waals surface area contributed by atoms with E-state index in [1.165, 1.54) is 14.2 Å². The molecule has 1 rings (SSSR count). The van der Waals surface area contributed by atoms with Crippen LogP contribution in [-0.4, -0.2) is 32.6 Å². The third-order valence-corrected chi connectivity index (χ3v) is 2.81. The first kappa shape index (κ1) is 15.1. The maximum absolute atomic E-state index is 11.4. The summed E-state index contributed by atoms with van der Waals surface area (Å²) in [5.74, 6) is 0.0809. The highest BCUT2D eigenvalue weighted by molar-refractivity contribution is 6.31. The van der Waals surface area contributed by atoms with Gasteiger partial charge in [-0.25, -0.2) is 4.79 Å². The molecule has 6 nitrogen and oxygen atoms in total. The van der Waals surface area contributed by atoms with E-state index in [9.17, 15) is 9.59 Å². The van der Waals surface area contributed by atoms with Crippen molar-refractivity contribution in [2.45, 2.75) is 6.92 Å². The minimum absolute atomic E-state index is 0.0507. The van der Waals surface area contributed by atoms with Gasteiger partial charge in [0, 0.05) is 18.1 Å². The fourth-order valence-corrected chi connectivity index (χ4v) is 1.53. The summed E-state index contributed by atoms with van der Waals surface area (Å²) in [5.41, 5.74) is 1.49. The number of benzene rings is 1. The third kappa shape index (κ3) is 4.33. The highest BCUT2D eigenvalue weighted by Crippen LogP contribution is 2.30. The van der Waals surface area contributed by atoms with Crippen molar-refractivity contribution in [1.82, 2.24) is 10.6 Å². The predicted octanol–water partition coefficient (Wildman–Crippen LogP) is 1.52. The van der Waals surface area contributed by atoms with Gasteiger partial charge in [0.1, 0.15) is 5.75 Å². The molecule has 3 amide bonds. The molecule has 1 aromatic rings. The molecule has 0 fully saturated rings. The lowest BCUT2D eigenvalue weighted by Crippen LogP contribution is -2.40. The molecule has 0 saturated heterocycles. The summed E-state index contributed by atoms with van der Waals surface area (Å²) in [6.45, 7) is 1.79. The van der Waals surface area contributed by atoms with Crippen molar-refractivity contribution in [3.63, 3.8) is 0 Å². The number of halogens is 1. The second-order valence-corrected chi connectivity index (χ2v) is 4.19. The van der Waals surface area contributed by atoms with E-state index >= 15 is 0 Å². The Balaban J connectivity index is 2.69. The van der Waals surface area contributed by atoms with E-state index in [1.54, 1.807) is 12.1 Å². The minimum Gasteiger partial charge on any atom is -0.495 e. The first-order valence-electron chi connectivity index (χ1n) is 5.57. The molecule has 0 atom stereocenters. The predicted molar refractivity (Wildman–Crippen MR) is 73.8 cm³/mol. The van der Waals surface area contributed by atoms with Gasteiger partial charge in [0.05, 0.1) is 19.3 Å². The Morgan fingerprint density at radius 3 is 2.63 bits per heavy atom. The van der Waals surface area contributed by atoms with Crippen molar-refractivity contribution in [3.05, 3.63) is 22.7 Å². The molecule has 19 heavy (non-hydrogen) atoms. The van der Waals surface area contributed by atoms with Crippen molar-refractivity contribution in [2.24, 2.45) is 0 Å². The monoisotopic (exact) mass is 285 g/mol. The van der Waals surface area contributed by atoms with Crippen molar-refractivity contribution in [3.8, 4) is 5.75 Å². The number of amides is 3. The number of aryl methyl sites for hydroxylation is 1. The van der Waals surface area contributed by atoms with Crippen LogP contribution in [0, 0.1) is 6.92 Å². The molecule has 0 bridgehead atoms. The molecule has 104 valence electrons. The van der Waals surface area contributed by atoms with Crippen LogP contribution in [0.3, 0.4) is 0 Å². The highest BCUT2D eigenvalue weighted by atomic mass is 35.5. The average molecular weight is 286 g/mol. The van der Waals surface area contributed by atoms with E-state index in [0.29, 0.717) is 16.5 Å². The van der Waals surface area contributed by atoms with Gasteiger partial charge in [0.2, 0.25) is 5.91 Å². The zero-order valence-electron chi connectivity index (χ0n) is 11.0. The Labute approximate surface area is 116 Å². The smallest absolute Gasteiger partial charge is 0.321 e. The maximum atomic E-state index is 11.4. The molecule has 3 N–H and O–H groups in total. The molecule has 0 spiro atoms. The lowest BCUT2D eigenvalue weighted by molar-refractivity contribution is -0.118. The number of ether oxygens (including phenoxy) is 1. The van der Waals surface area contributed by atoms with Crippen LogP contribution in [-0.2, 0) is 4.79 Å². The van der Waals surface area contributed by atoms with Gasteiger partial charge in [-0.1, -0.05) is 11.6 Å². The lowest BCUT2D eigenvalue weighted by Gasteiger charge is -2.12. The molecular formula is C12H16ClN3O3. The van der Waals surface area contributed by atoms with Gasteiger partial charge in [-0.3, -0.25) is 10.1 Å². The number of nitrogens with one attached hydrogen (secondary N) is 3. The fraction of sp³-hybridized carbons (Fsp3) is 0.333. The molecule has 0 unspecified atom stereocenters. The summed E-state index contributed by atoms with van der Waals surface area (Å²) < 4.78 is 5.16. The summed E-state index contributed by atoms with van der Waals surface area (Å²) >= 11 is 5.97. The Bertz CT molecular complexity index is 491. The summed E-state index contributed by atoms with van der Waals surface area (Å²) in [6.07, 6.45) is 0. The van der Waals surface area contributed by atoms with E-state index in [2.05, 4.69) is 16.0 Å². The maximum Gasteiger partial charge on any atom is 0.321 e. The van der Waals surface area contributed by atoms with E-state index in [-0.39, 0.29) is 6.54 Å². The van der Waals surface area contributed by atoms with Gasteiger partial charge >= 0.3 is 6.03 Å². The molecule has 0 heterocycles. The van der Waals surface area contributed by atoms with Crippen molar-refractivity contribution < 1.29 is 14.3 Å². The molecular weight excluding hydrogens is 270 g/mol. The quantitative estimate of drug-likeness (QED) is 0.784. The standard InChI is InChI=1S/C12H16ClN3O3/c1-7-4-9(10(19-3)5-8(7)13)15-6-11(17)16-12(18)14-2/h4-5,15H,6H2,1-3H3,(H2,14,16,17,18). The number of imide groups is 1. The number of rotatable bonds is 4. The zero-order chi connectivity index (χ0) is 14.4. The van der Waals surface area contributed by atoms with E-state index < -0.39 is 11.9 Å². The van der Waals surface area contributed by atoms with Gasteiger partial charge in [-0.05, 0) is 18.6 Å². The van der Waals surface area contributed by atoms with Gasteiger partial charge in [-0.2, -0.15) is 0 Å². The molecule has 1 aromatic carbocycles. The van der Waals surface area contributed by atoms with Crippen molar-refractivity contribution in [1.29, 1.82) is 0 Å². The third-order valence-electron chi connectivity index (χ3n) is 2.40. The molecule has 7 heteroatoms. The van der Waals surface area contributed by atoms with Gasteiger partial charge in [0.15, 0.2) is 0 Å². The normalized spacial score (nSPS) is 9.68. The summed E-state index contributed by atoms with van der Waals surface area (Å²) in [7, 11) is 2.94. The number of carbonyl (C=O) groups is 2. The van der Waals surface area contributed by atoms with Gasteiger partial charge < -0.3 is 15.4 Å². The Kier molecular flexibility index (Phi) is 5.44. The van der Waals surface area contributed by atoms with Crippen LogP contribution in [0.15, 0.2) is 12.1 Å². The SMILES string of the molecule is CNC(=O)NC(=O)CNc1cc(C)c(Cl)cc1OC. The number of hydrogen-bond acceptors (Lipinski definition) is 4. The molecule has 0 aliphatic carbocycles. The summed E-state index contributed by atoms with van der Waals surface area (Å²) in [6, 6.07) is 2.88. The van der Waals surface area contributed by atoms with Crippen LogP contribution >= 0.6 is 11.6 Å². The molecule has 0 saturated carbocycles. The minimum atomic E-state index is -0.550. The van der Waals surface area contributed by atoms with E-state index in [1.807, 2.05) is 6.92 Å². The Morgan fingerprint density at radius 2 is 2.05 bits per heavy atom. The van der Waals surface area contributed by atoms with Crippen LogP contribution in [0.25, 0.3) is 0 Å². The fourth-order valence-electron chi connectivity index (χ4n) is 1.38. The Hall–Kier alpha value is -1.95. The van der Waals surface area contributed by atoms with E-state index in [0.717, 1.165) is 5.56 Å². The molecule has 0 aliphatic rings. The average Bonchev–Trinajstić information content (AvgIpc) is 2.39. The number of methoxy groups -OCH3 is 1. The Morgan fingerprint density at radius 1 is 1.37 bits per heavy atom. The lowest BCUT2D eigenvalue weighted by atomic mass is 10.2. The van der Waals surface area contributed by atoms with Crippen LogP contribution in [0.2, 0.25) is 5.02 Å².